The molecule has 234 valence electrons. The minimum Gasteiger partial charge on any atom is -0.491 e. The van der Waals surface area contributed by atoms with Gasteiger partial charge in [0, 0.05) is 0 Å². The lowest BCUT2D eigenvalue weighted by Gasteiger charge is -2.38. The lowest BCUT2D eigenvalue weighted by Crippen LogP contribution is -2.31. The molecule has 0 bridgehead atoms. The van der Waals surface area contributed by atoms with E-state index in [-0.39, 0.29) is 22.9 Å². The van der Waals surface area contributed by atoms with Gasteiger partial charge in [-0.25, -0.2) is 0 Å². The maximum atomic E-state index is 8.97. The van der Waals surface area contributed by atoms with Gasteiger partial charge in [-0.05, 0) is 67.3 Å². The van der Waals surface area contributed by atoms with Gasteiger partial charge in [0.05, 0.1) is 25.2 Å². The van der Waals surface area contributed by atoms with E-state index in [4.69, 9.17) is 14.6 Å². The van der Waals surface area contributed by atoms with Gasteiger partial charge in [0.1, 0.15) is 12.4 Å². The molecule has 1 N–H and O–H groups in total. The first kappa shape index (κ1) is 33.5. The molecule has 0 spiro atoms. The normalized spacial score (nSPS) is 12.8. The Morgan fingerprint density at radius 1 is 0.409 bits per heavy atom. The van der Waals surface area contributed by atoms with Crippen molar-refractivity contribution in [2.75, 3.05) is 26.4 Å². The van der Waals surface area contributed by atoms with Crippen LogP contribution in [0, 0.1) is 0 Å². The highest BCUT2D eigenvalue weighted by molar-refractivity contribution is 5.61. The summed E-state index contributed by atoms with van der Waals surface area (Å²) in [5.41, 5.74) is 8.42. The fraction of sp³-hybridized carbons (Fsp3) is 0.415. The molecule has 4 aromatic rings. The van der Waals surface area contributed by atoms with Crippen LogP contribution in [0.5, 0.6) is 5.75 Å². The van der Waals surface area contributed by atoms with E-state index < -0.39 is 5.41 Å². The van der Waals surface area contributed by atoms with E-state index in [0.717, 1.165) is 5.75 Å². The maximum Gasteiger partial charge on any atom is 0.119 e. The summed E-state index contributed by atoms with van der Waals surface area (Å²) < 4.78 is 11.4. The molecule has 0 saturated carbocycles. The van der Waals surface area contributed by atoms with Crippen molar-refractivity contribution < 1.29 is 14.6 Å². The number of rotatable bonds is 10. The van der Waals surface area contributed by atoms with Gasteiger partial charge in [-0.2, -0.15) is 0 Å². The number of benzene rings is 4. The summed E-state index contributed by atoms with van der Waals surface area (Å²) in [4.78, 5) is 0. The van der Waals surface area contributed by atoms with Crippen molar-refractivity contribution in [3.63, 3.8) is 0 Å². The van der Waals surface area contributed by atoms with Crippen LogP contribution in [-0.2, 0) is 26.4 Å². The van der Waals surface area contributed by atoms with Crippen LogP contribution in [0.15, 0.2) is 97.1 Å². The van der Waals surface area contributed by atoms with Gasteiger partial charge in [-0.1, -0.05) is 147 Å². The van der Waals surface area contributed by atoms with Gasteiger partial charge in [0.15, 0.2) is 0 Å². The molecule has 0 radical (unpaired) electrons. The third-order valence-corrected chi connectivity index (χ3v) is 8.57. The van der Waals surface area contributed by atoms with E-state index in [1.54, 1.807) is 0 Å². The number of ether oxygens (including phenoxy) is 2. The minimum absolute atomic E-state index is 0.0149. The summed E-state index contributed by atoms with van der Waals surface area (Å²) in [5, 5.41) is 8.97. The Hall–Kier alpha value is -3.40. The van der Waals surface area contributed by atoms with Crippen LogP contribution in [0.4, 0.5) is 0 Å². The van der Waals surface area contributed by atoms with Gasteiger partial charge in [0.25, 0.3) is 0 Å². The zero-order valence-corrected chi connectivity index (χ0v) is 28.3. The van der Waals surface area contributed by atoms with Gasteiger partial charge < -0.3 is 14.6 Å². The van der Waals surface area contributed by atoms with Gasteiger partial charge in [0.2, 0.25) is 0 Å². The first-order chi connectivity index (χ1) is 20.7. The molecule has 0 unspecified atom stereocenters. The average molecular weight is 593 g/mol. The van der Waals surface area contributed by atoms with E-state index in [1.165, 1.54) is 38.9 Å². The summed E-state index contributed by atoms with van der Waals surface area (Å²) in [6.07, 6.45) is 0. The fourth-order valence-electron chi connectivity index (χ4n) is 5.85. The molecule has 0 fully saturated rings. The Labute approximate surface area is 266 Å². The predicted octanol–water partition coefficient (Wildman–Crippen LogP) is 9.35. The Morgan fingerprint density at radius 3 is 1.00 bits per heavy atom. The molecule has 44 heavy (non-hydrogen) atoms. The highest BCUT2D eigenvalue weighted by Gasteiger charge is 2.39. The lowest BCUT2D eigenvalue weighted by atomic mass is 9.64. The van der Waals surface area contributed by atoms with E-state index in [1.807, 2.05) is 0 Å². The smallest absolute Gasteiger partial charge is 0.119 e. The van der Waals surface area contributed by atoms with E-state index in [9.17, 15) is 0 Å². The topological polar surface area (TPSA) is 38.7 Å². The zero-order valence-electron chi connectivity index (χ0n) is 28.3. The molecular formula is C41H52O3. The van der Waals surface area contributed by atoms with Crippen molar-refractivity contribution in [3.8, 4) is 5.75 Å². The van der Waals surface area contributed by atoms with Crippen LogP contribution < -0.4 is 4.74 Å². The summed E-state index contributed by atoms with van der Waals surface area (Å²) in [6.45, 7) is 21.6. The van der Waals surface area contributed by atoms with Gasteiger partial charge >= 0.3 is 0 Å². The molecule has 0 saturated heterocycles. The SMILES string of the molecule is CC(C)(C)c1ccc(C(c2ccc(OCCOCCO)cc2)(c2ccc(C(C)(C)C)cc2)c2ccc(C(C)(C)C)cc2)cc1. The van der Waals surface area contributed by atoms with Crippen molar-refractivity contribution in [1.82, 2.24) is 0 Å². The maximum absolute atomic E-state index is 8.97. The second-order valence-corrected chi connectivity index (χ2v) is 14.9. The summed E-state index contributed by atoms with van der Waals surface area (Å²) >= 11 is 0. The largest absolute Gasteiger partial charge is 0.491 e. The van der Waals surface area contributed by atoms with E-state index in [2.05, 4.69) is 159 Å². The van der Waals surface area contributed by atoms with Crippen molar-refractivity contribution in [3.05, 3.63) is 136 Å². The van der Waals surface area contributed by atoms with Crippen molar-refractivity contribution in [2.45, 2.75) is 84.0 Å². The molecule has 4 aromatic carbocycles. The van der Waals surface area contributed by atoms with Gasteiger partial charge in [-0.3, -0.25) is 0 Å². The second kappa shape index (κ2) is 13.3. The fourth-order valence-corrected chi connectivity index (χ4v) is 5.85. The molecule has 0 aliphatic rings. The number of aliphatic hydroxyl groups excluding tert-OH is 1. The van der Waals surface area contributed by atoms with Crippen LogP contribution >= 0.6 is 0 Å². The van der Waals surface area contributed by atoms with Crippen molar-refractivity contribution >= 4 is 0 Å². The van der Waals surface area contributed by atoms with Crippen LogP contribution in [0.25, 0.3) is 0 Å². The first-order valence-electron chi connectivity index (χ1n) is 15.9. The average Bonchev–Trinajstić information content (AvgIpc) is 2.98. The third-order valence-electron chi connectivity index (χ3n) is 8.57. The molecular weight excluding hydrogens is 540 g/mol. The highest BCUT2D eigenvalue weighted by Crippen LogP contribution is 2.47. The van der Waals surface area contributed by atoms with E-state index in [0.29, 0.717) is 19.8 Å². The second-order valence-electron chi connectivity index (χ2n) is 14.9. The van der Waals surface area contributed by atoms with Crippen molar-refractivity contribution in [1.29, 1.82) is 0 Å². The molecule has 0 aliphatic carbocycles. The first-order valence-corrected chi connectivity index (χ1v) is 15.9. The minimum atomic E-state index is -0.550. The zero-order chi connectivity index (χ0) is 32.2. The Bertz CT molecular complexity index is 1320. The molecule has 3 nitrogen and oxygen atoms in total. The number of hydrogen-bond donors (Lipinski definition) is 1. The predicted molar refractivity (Wildman–Crippen MR) is 184 cm³/mol. The third kappa shape index (κ3) is 7.45. The Balaban J connectivity index is 1.94. The molecule has 0 atom stereocenters. The molecule has 0 aliphatic heterocycles. The van der Waals surface area contributed by atoms with Crippen molar-refractivity contribution in [2.24, 2.45) is 0 Å². The Morgan fingerprint density at radius 2 is 0.705 bits per heavy atom. The van der Waals surface area contributed by atoms with Gasteiger partial charge in [-0.15, -0.1) is 0 Å². The molecule has 3 heteroatoms. The number of hydrogen-bond acceptors (Lipinski definition) is 3. The lowest BCUT2D eigenvalue weighted by molar-refractivity contribution is 0.0705. The highest BCUT2D eigenvalue weighted by atomic mass is 16.5. The Kier molecular flexibility index (Phi) is 10.1. The van der Waals surface area contributed by atoms with Crippen LogP contribution in [-0.4, -0.2) is 31.5 Å². The summed E-state index contributed by atoms with van der Waals surface area (Å²) in [7, 11) is 0. The standard InChI is InChI=1S/C41H52O3/c1-38(2,3)30-10-16-33(17-11-30)41(34-18-12-31(13-19-34)39(4,5)6,35-20-14-32(15-21-35)40(7,8)9)36-22-24-37(25-23-36)44-29-28-43-27-26-42/h10-25,42H,26-29H2,1-9H3. The molecule has 0 aromatic heterocycles. The number of aliphatic hydroxyl groups is 1. The van der Waals surface area contributed by atoms with E-state index >= 15 is 0 Å². The molecule has 0 amide bonds. The molecule has 0 heterocycles. The van der Waals surface area contributed by atoms with Crippen LogP contribution in [0.3, 0.4) is 0 Å². The quantitative estimate of drug-likeness (QED) is 0.147. The molecule has 4 rings (SSSR count). The van der Waals surface area contributed by atoms with Crippen LogP contribution in [0.1, 0.15) is 101 Å². The summed E-state index contributed by atoms with van der Waals surface area (Å²) in [5.74, 6) is 0.796. The van der Waals surface area contributed by atoms with Crippen LogP contribution in [0.2, 0.25) is 0 Å². The monoisotopic (exact) mass is 592 g/mol. The summed E-state index contributed by atoms with van der Waals surface area (Å²) in [6, 6.07) is 36.2.